The zero-order valence-electron chi connectivity index (χ0n) is 17.2. The summed E-state index contributed by atoms with van der Waals surface area (Å²) in [4.78, 5) is 8.32. The van der Waals surface area contributed by atoms with E-state index in [-0.39, 0.29) is 0 Å². The molecule has 0 bridgehead atoms. The highest BCUT2D eigenvalue weighted by atomic mass is 19.2. The number of aromatic hydroxyl groups is 1. The third-order valence-corrected chi connectivity index (χ3v) is 3.50. The van der Waals surface area contributed by atoms with Crippen molar-refractivity contribution in [3.63, 3.8) is 0 Å². The van der Waals surface area contributed by atoms with Crippen molar-refractivity contribution in [3.8, 4) is 5.75 Å². The summed E-state index contributed by atoms with van der Waals surface area (Å²) in [5, 5.41) is 8.76. The lowest BCUT2D eigenvalue weighted by Gasteiger charge is -1.98. The van der Waals surface area contributed by atoms with Crippen LogP contribution in [0.2, 0.25) is 0 Å². The quantitative estimate of drug-likeness (QED) is 0.484. The van der Waals surface area contributed by atoms with Gasteiger partial charge in [-0.25, -0.2) is 8.78 Å². The van der Waals surface area contributed by atoms with E-state index in [9.17, 15) is 8.78 Å². The van der Waals surface area contributed by atoms with Gasteiger partial charge in [-0.2, -0.15) is 0 Å². The maximum atomic E-state index is 12.2. The van der Waals surface area contributed by atoms with Gasteiger partial charge in [0.25, 0.3) is 0 Å². The van der Waals surface area contributed by atoms with Crippen molar-refractivity contribution >= 4 is 17.5 Å². The largest absolute Gasteiger partial charge is 0.508 e. The molecule has 0 atom stereocenters. The molecule has 152 valence electrons. The fraction of sp³-hybridized carbons (Fsp3) is 0.167. The van der Waals surface area contributed by atoms with Crippen molar-refractivity contribution in [2.24, 2.45) is 4.99 Å². The van der Waals surface area contributed by atoms with E-state index in [1.165, 1.54) is 11.6 Å². The monoisotopic (exact) mass is 396 g/mol. The normalized spacial score (nSPS) is 9.31. The van der Waals surface area contributed by atoms with Gasteiger partial charge in [0.05, 0.1) is 5.69 Å². The maximum absolute atomic E-state index is 12.2. The number of pyridine rings is 1. The molecule has 3 aromatic rings. The number of phenolic OH excluding ortho intramolecular Hbond substituents is 1. The molecule has 0 spiro atoms. The molecule has 1 N–H and O–H groups in total. The van der Waals surface area contributed by atoms with Crippen molar-refractivity contribution in [2.75, 3.05) is 0 Å². The maximum Gasteiger partial charge on any atom is 0.159 e. The summed E-state index contributed by atoms with van der Waals surface area (Å²) in [7, 11) is 0. The van der Waals surface area contributed by atoms with Gasteiger partial charge < -0.3 is 5.11 Å². The fourth-order valence-electron chi connectivity index (χ4n) is 2.05. The van der Waals surface area contributed by atoms with Crippen LogP contribution in [-0.4, -0.2) is 15.8 Å². The minimum atomic E-state index is -0.791. The zero-order chi connectivity index (χ0) is 21.8. The number of benzene rings is 2. The second-order valence-corrected chi connectivity index (χ2v) is 6.45. The van der Waals surface area contributed by atoms with Gasteiger partial charge in [0.1, 0.15) is 5.75 Å². The summed E-state index contributed by atoms with van der Waals surface area (Å²) >= 11 is 0. The highest BCUT2D eigenvalue weighted by Crippen LogP contribution is 2.18. The minimum Gasteiger partial charge on any atom is -0.508 e. The first kappa shape index (κ1) is 23.7. The molecule has 0 radical (unpaired) electrons. The Balaban J connectivity index is 0.000000223. The van der Waals surface area contributed by atoms with Crippen LogP contribution in [0.1, 0.15) is 30.5 Å². The Morgan fingerprint density at radius 1 is 0.966 bits per heavy atom. The van der Waals surface area contributed by atoms with Crippen LogP contribution in [-0.2, 0) is 0 Å². The summed E-state index contributed by atoms with van der Waals surface area (Å²) in [6, 6.07) is 12.8. The Kier molecular flexibility index (Phi) is 9.96. The lowest BCUT2D eigenvalue weighted by Crippen LogP contribution is -1.82. The number of nitrogens with zero attached hydrogens (tertiary/aromatic N) is 2. The molecule has 0 aliphatic heterocycles. The Bertz CT molecular complexity index is 926. The van der Waals surface area contributed by atoms with Crippen molar-refractivity contribution < 1.29 is 13.9 Å². The van der Waals surface area contributed by atoms with Gasteiger partial charge >= 0.3 is 0 Å². The molecule has 5 heteroatoms. The minimum absolute atomic E-state index is 0.329. The van der Waals surface area contributed by atoms with Crippen LogP contribution >= 0.6 is 0 Å². The number of rotatable bonds is 2. The van der Waals surface area contributed by atoms with E-state index in [4.69, 9.17) is 5.11 Å². The summed E-state index contributed by atoms with van der Waals surface area (Å²) in [5.41, 5.74) is 4.83. The Labute approximate surface area is 171 Å². The predicted molar refractivity (Wildman–Crippen MR) is 117 cm³/mol. The van der Waals surface area contributed by atoms with Gasteiger partial charge in [-0.3, -0.25) is 9.98 Å². The SMILES string of the molecule is C=Cc1cnccc1N=C(C)C.Cc1ccc(F)c(F)c1.Cc1ccc(O)cc1. The molecule has 3 nitrogen and oxygen atoms in total. The van der Waals surface area contributed by atoms with E-state index in [0.717, 1.165) is 34.7 Å². The van der Waals surface area contributed by atoms with Gasteiger partial charge in [0, 0.05) is 23.7 Å². The smallest absolute Gasteiger partial charge is 0.159 e. The second-order valence-electron chi connectivity index (χ2n) is 6.45. The van der Waals surface area contributed by atoms with Crippen molar-refractivity contribution in [2.45, 2.75) is 27.7 Å². The van der Waals surface area contributed by atoms with Gasteiger partial charge in [0.2, 0.25) is 0 Å². The molecule has 0 fully saturated rings. The molecule has 0 aliphatic carbocycles. The summed E-state index contributed by atoms with van der Waals surface area (Å²) in [5.74, 6) is -1.24. The molecule has 29 heavy (non-hydrogen) atoms. The summed E-state index contributed by atoms with van der Waals surface area (Å²) < 4.78 is 24.3. The van der Waals surface area contributed by atoms with Crippen LogP contribution in [0.25, 0.3) is 6.08 Å². The molecule has 1 aromatic heterocycles. The van der Waals surface area contributed by atoms with E-state index in [1.807, 2.05) is 39.0 Å². The molecular formula is C24H26F2N2O. The van der Waals surface area contributed by atoms with Gasteiger partial charge in [-0.15, -0.1) is 0 Å². The molecule has 0 aliphatic rings. The van der Waals surface area contributed by atoms with Gasteiger partial charge in [-0.1, -0.05) is 36.4 Å². The average molecular weight is 396 g/mol. The second kappa shape index (κ2) is 12.2. The fourth-order valence-corrected chi connectivity index (χ4v) is 2.05. The third-order valence-electron chi connectivity index (χ3n) is 3.50. The van der Waals surface area contributed by atoms with Gasteiger partial charge in [-0.05, 0) is 63.6 Å². The van der Waals surface area contributed by atoms with E-state index >= 15 is 0 Å². The highest BCUT2D eigenvalue weighted by molar-refractivity contribution is 5.83. The van der Waals surface area contributed by atoms with Crippen molar-refractivity contribution in [1.29, 1.82) is 0 Å². The lowest BCUT2D eigenvalue weighted by molar-refractivity contribution is 0.475. The van der Waals surface area contributed by atoms with E-state index < -0.39 is 11.6 Å². The van der Waals surface area contributed by atoms with Gasteiger partial charge in [0.15, 0.2) is 11.6 Å². The molecule has 0 amide bonds. The Hall–Kier alpha value is -3.34. The van der Waals surface area contributed by atoms with Crippen LogP contribution in [0.5, 0.6) is 5.75 Å². The Morgan fingerprint density at radius 3 is 2.07 bits per heavy atom. The topological polar surface area (TPSA) is 45.5 Å². The molecule has 0 unspecified atom stereocenters. The predicted octanol–water partition coefficient (Wildman–Crippen LogP) is 6.81. The number of hydrogen-bond acceptors (Lipinski definition) is 3. The molecule has 3 rings (SSSR count). The molecule has 0 saturated heterocycles. The Morgan fingerprint density at radius 2 is 1.59 bits per heavy atom. The molecular weight excluding hydrogens is 370 g/mol. The lowest BCUT2D eigenvalue weighted by atomic mass is 10.2. The van der Waals surface area contributed by atoms with E-state index in [1.54, 1.807) is 37.5 Å². The molecule has 2 aromatic carbocycles. The van der Waals surface area contributed by atoms with Crippen LogP contribution in [0, 0.1) is 25.5 Å². The molecule has 1 heterocycles. The van der Waals surface area contributed by atoms with Crippen molar-refractivity contribution in [1.82, 2.24) is 4.98 Å². The van der Waals surface area contributed by atoms with Crippen molar-refractivity contribution in [3.05, 3.63) is 95.8 Å². The number of aryl methyl sites for hydroxylation is 2. The highest BCUT2D eigenvalue weighted by Gasteiger charge is 1.97. The zero-order valence-corrected chi connectivity index (χ0v) is 17.2. The number of halogens is 2. The number of phenols is 1. The van der Waals surface area contributed by atoms with Crippen LogP contribution in [0.4, 0.5) is 14.5 Å². The third kappa shape index (κ3) is 9.42. The number of hydrogen-bond donors (Lipinski definition) is 1. The van der Waals surface area contributed by atoms with Crippen LogP contribution in [0.3, 0.4) is 0 Å². The standard InChI is InChI=1S/C10H12N2.C7H6F2.C7H8O/c1-4-9-7-11-6-5-10(9)12-8(2)3;1-5-2-3-6(8)7(9)4-5;1-6-2-4-7(8)5-3-6/h4-7H,1H2,2-3H3;2-4H,1H3;2-5,8H,1H3. The first-order chi connectivity index (χ1) is 13.7. The number of aliphatic imine (C=N–C) groups is 1. The number of aromatic nitrogens is 1. The van der Waals surface area contributed by atoms with Crippen LogP contribution < -0.4 is 0 Å². The first-order valence-corrected chi connectivity index (χ1v) is 8.98. The van der Waals surface area contributed by atoms with E-state index in [2.05, 4.69) is 16.6 Å². The summed E-state index contributed by atoms with van der Waals surface area (Å²) in [6.45, 7) is 11.3. The molecule has 0 saturated carbocycles. The summed E-state index contributed by atoms with van der Waals surface area (Å²) in [6.07, 6.45) is 5.25. The first-order valence-electron chi connectivity index (χ1n) is 8.98. The average Bonchev–Trinajstić information content (AvgIpc) is 2.68. The van der Waals surface area contributed by atoms with E-state index in [0.29, 0.717) is 5.75 Å². The van der Waals surface area contributed by atoms with Crippen LogP contribution in [0.15, 0.2) is 72.5 Å².